The maximum Gasteiger partial charge on any atom is 0.0620 e. The van der Waals surface area contributed by atoms with Gasteiger partial charge in [0.05, 0.1) is 13.2 Å². The number of rotatable bonds is 4. The molecule has 1 aliphatic heterocycles. The molecule has 0 aromatic heterocycles. The molecule has 4 nitrogen and oxygen atoms in total. The molecule has 0 saturated carbocycles. The van der Waals surface area contributed by atoms with Crippen LogP contribution in [0.3, 0.4) is 0 Å². The van der Waals surface area contributed by atoms with Crippen LogP contribution >= 0.6 is 0 Å². The van der Waals surface area contributed by atoms with Crippen LogP contribution < -0.4 is 5.32 Å². The smallest absolute Gasteiger partial charge is 0.0620 e. The lowest BCUT2D eigenvalue weighted by molar-refractivity contribution is 0.0549. The SMILES string of the molecule is OCC(CO)C[C@H]1COCCN1. The Morgan fingerprint density at radius 2 is 2.17 bits per heavy atom. The van der Waals surface area contributed by atoms with E-state index < -0.39 is 0 Å². The molecule has 1 rings (SSSR count). The van der Waals surface area contributed by atoms with E-state index in [0.29, 0.717) is 12.6 Å². The van der Waals surface area contributed by atoms with E-state index in [1.165, 1.54) is 0 Å². The standard InChI is InChI=1S/C8H17NO3/c10-4-7(5-11)3-8-6-12-2-1-9-8/h7-11H,1-6H2/t8-/m0/s1. The largest absolute Gasteiger partial charge is 0.396 e. The Kier molecular flexibility index (Phi) is 4.53. The van der Waals surface area contributed by atoms with Gasteiger partial charge >= 0.3 is 0 Å². The molecule has 1 heterocycles. The quantitative estimate of drug-likeness (QED) is 0.511. The van der Waals surface area contributed by atoms with Crippen LogP contribution in [0.25, 0.3) is 0 Å². The molecule has 1 aliphatic rings. The number of morpholine rings is 1. The maximum atomic E-state index is 8.83. The monoisotopic (exact) mass is 175 g/mol. The van der Waals surface area contributed by atoms with Crippen LogP contribution in [0.2, 0.25) is 0 Å². The molecule has 1 saturated heterocycles. The first kappa shape index (κ1) is 9.92. The van der Waals surface area contributed by atoms with Gasteiger partial charge in [-0.2, -0.15) is 0 Å². The third-order valence-corrected chi connectivity index (χ3v) is 2.13. The van der Waals surface area contributed by atoms with Crippen LogP contribution in [0.4, 0.5) is 0 Å². The lowest BCUT2D eigenvalue weighted by atomic mass is 10.0. The molecule has 0 radical (unpaired) electrons. The van der Waals surface area contributed by atoms with E-state index in [2.05, 4.69) is 5.32 Å². The van der Waals surface area contributed by atoms with Gasteiger partial charge in [0, 0.05) is 31.7 Å². The summed E-state index contributed by atoms with van der Waals surface area (Å²) in [5.74, 6) is -0.0100. The van der Waals surface area contributed by atoms with E-state index in [0.717, 1.165) is 19.6 Å². The predicted molar refractivity (Wildman–Crippen MR) is 44.9 cm³/mol. The van der Waals surface area contributed by atoms with Gasteiger partial charge in [-0.15, -0.1) is 0 Å². The van der Waals surface area contributed by atoms with Gasteiger partial charge < -0.3 is 20.3 Å². The Labute approximate surface area is 72.5 Å². The molecular weight excluding hydrogens is 158 g/mol. The van der Waals surface area contributed by atoms with Crippen molar-refractivity contribution in [3.8, 4) is 0 Å². The molecule has 0 amide bonds. The van der Waals surface area contributed by atoms with Gasteiger partial charge in [-0.1, -0.05) is 0 Å². The van der Waals surface area contributed by atoms with Crippen molar-refractivity contribution in [3.63, 3.8) is 0 Å². The second-order valence-corrected chi connectivity index (χ2v) is 3.19. The summed E-state index contributed by atoms with van der Waals surface area (Å²) in [6.45, 7) is 2.42. The summed E-state index contributed by atoms with van der Waals surface area (Å²) < 4.78 is 5.25. The highest BCUT2D eigenvalue weighted by molar-refractivity contribution is 4.73. The van der Waals surface area contributed by atoms with Gasteiger partial charge in [-0.3, -0.25) is 0 Å². The second kappa shape index (κ2) is 5.48. The molecule has 0 unspecified atom stereocenters. The van der Waals surface area contributed by atoms with E-state index >= 15 is 0 Å². The number of aliphatic hydroxyl groups is 2. The molecule has 0 spiro atoms. The van der Waals surface area contributed by atoms with Crippen molar-refractivity contribution in [3.05, 3.63) is 0 Å². The third kappa shape index (κ3) is 3.06. The Morgan fingerprint density at radius 3 is 2.67 bits per heavy atom. The highest BCUT2D eigenvalue weighted by Gasteiger charge is 2.17. The van der Waals surface area contributed by atoms with Crippen LogP contribution in [0, 0.1) is 5.92 Å². The van der Waals surface area contributed by atoms with Crippen molar-refractivity contribution in [2.75, 3.05) is 33.0 Å². The van der Waals surface area contributed by atoms with Gasteiger partial charge in [0.1, 0.15) is 0 Å². The molecule has 3 N–H and O–H groups in total. The topological polar surface area (TPSA) is 61.7 Å². The minimum Gasteiger partial charge on any atom is -0.396 e. The fraction of sp³-hybridized carbons (Fsp3) is 1.00. The first-order chi connectivity index (χ1) is 5.86. The second-order valence-electron chi connectivity index (χ2n) is 3.19. The van der Waals surface area contributed by atoms with Crippen molar-refractivity contribution in [2.24, 2.45) is 5.92 Å². The highest BCUT2D eigenvalue weighted by Crippen LogP contribution is 2.07. The van der Waals surface area contributed by atoms with Gasteiger partial charge in [-0.05, 0) is 6.42 Å². The van der Waals surface area contributed by atoms with Gasteiger partial charge in [0.15, 0.2) is 0 Å². The summed E-state index contributed by atoms with van der Waals surface area (Å²) in [5, 5.41) is 20.9. The molecule has 0 aliphatic carbocycles. The zero-order valence-electron chi connectivity index (χ0n) is 7.20. The first-order valence-corrected chi connectivity index (χ1v) is 4.39. The van der Waals surface area contributed by atoms with Crippen LogP contribution in [0.5, 0.6) is 0 Å². The van der Waals surface area contributed by atoms with E-state index in [9.17, 15) is 0 Å². The summed E-state index contributed by atoms with van der Waals surface area (Å²) in [6.07, 6.45) is 0.785. The van der Waals surface area contributed by atoms with Crippen LogP contribution in [-0.2, 0) is 4.74 Å². The van der Waals surface area contributed by atoms with Crippen LogP contribution in [0.1, 0.15) is 6.42 Å². The number of nitrogens with one attached hydrogen (secondary N) is 1. The average molecular weight is 175 g/mol. The Morgan fingerprint density at radius 1 is 1.42 bits per heavy atom. The zero-order valence-corrected chi connectivity index (χ0v) is 7.20. The van der Waals surface area contributed by atoms with Gasteiger partial charge in [-0.25, -0.2) is 0 Å². The molecule has 12 heavy (non-hydrogen) atoms. The third-order valence-electron chi connectivity index (χ3n) is 2.13. The lowest BCUT2D eigenvalue weighted by Crippen LogP contribution is -2.43. The van der Waals surface area contributed by atoms with Crippen LogP contribution in [-0.4, -0.2) is 49.2 Å². The Bertz CT molecular complexity index is 111. The number of aliphatic hydroxyl groups excluding tert-OH is 2. The average Bonchev–Trinajstić information content (AvgIpc) is 2.16. The number of hydrogen-bond donors (Lipinski definition) is 3. The Balaban J connectivity index is 2.18. The highest BCUT2D eigenvalue weighted by atomic mass is 16.5. The van der Waals surface area contributed by atoms with E-state index in [1.807, 2.05) is 0 Å². The number of ether oxygens (including phenoxy) is 1. The predicted octanol–water partition coefficient (Wildman–Crippen LogP) is -1.03. The molecule has 0 bridgehead atoms. The molecule has 1 fully saturated rings. The zero-order chi connectivity index (χ0) is 8.81. The number of hydrogen-bond acceptors (Lipinski definition) is 4. The van der Waals surface area contributed by atoms with Gasteiger partial charge in [0.2, 0.25) is 0 Å². The summed E-state index contributed by atoms with van der Waals surface area (Å²) in [6, 6.07) is 0.294. The van der Waals surface area contributed by atoms with E-state index in [-0.39, 0.29) is 19.1 Å². The van der Waals surface area contributed by atoms with Crippen molar-refractivity contribution in [1.29, 1.82) is 0 Å². The summed E-state index contributed by atoms with van der Waals surface area (Å²) in [4.78, 5) is 0. The summed E-state index contributed by atoms with van der Waals surface area (Å²) >= 11 is 0. The summed E-state index contributed by atoms with van der Waals surface area (Å²) in [5.41, 5.74) is 0. The molecule has 1 atom stereocenters. The summed E-state index contributed by atoms with van der Waals surface area (Å²) in [7, 11) is 0. The van der Waals surface area contributed by atoms with Crippen LogP contribution in [0.15, 0.2) is 0 Å². The minimum atomic E-state index is -0.0100. The van der Waals surface area contributed by atoms with Crippen molar-refractivity contribution < 1.29 is 14.9 Å². The fourth-order valence-electron chi connectivity index (χ4n) is 1.38. The van der Waals surface area contributed by atoms with Crippen molar-refractivity contribution >= 4 is 0 Å². The molecule has 72 valence electrons. The molecule has 4 heteroatoms. The van der Waals surface area contributed by atoms with E-state index in [1.54, 1.807) is 0 Å². The fourth-order valence-corrected chi connectivity index (χ4v) is 1.38. The first-order valence-electron chi connectivity index (χ1n) is 4.39. The molecule has 0 aromatic rings. The van der Waals surface area contributed by atoms with Crippen molar-refractivity contribution in [1.82, 2.24) is 5.32 Å². The Hall–Kier alpha value is -0.160. The molecule has 0 aromatic carbocycles. The molecular formula is C8H17NO3. The minimum absolute atomic E-state index is 0.0100. The van der Waals surface area contributed by atoms with E-state index in [4.69, 9.17) is 14.9 Å². The normalized spacial score (nSPS) is 24.8. The lowest BCUT2D eigenvalue weighted by Gasteiger charge is -2.26. The van der Waals surface area contributed by atoms with Crippen molar-refractivity contribution in [2.45, 2.75) is 12.5 Å². The van der Waals surface area contributed by atoms with Gasteiger partial charge in [0.25, 0.3) is 0 Å². The maximum absolute atomic E-state index is 8.83.